The molecule has 80 heavy (non-hydrogen) atoms. The highest BCUT2D eigenvalue weighted by molar-refractivity contribution is 6.23. The molecule has 418 valence electrons. The molecule has 0 atom stereocenters. The number of rotatable bonds is 22. The number of aryl methyl sites for hydroxylation is 3. The van der Waals surface area contributed by atoms with E-state index >= 15 is 0 Å². The molecule has 3 N–H and O–H groups in total. The van der Waals surface area contributed by atoms with Crippen molar-refractivity contribution in [1.82, 2.24) is 30.3 Å². The van der Waals surface area contributed by atoms with Crippen molar-refractivity contribution in [2.45, 2.75) is 97.9 Å². The van der Waals surface area contributed by atoms with Gasteiger partial charge in [0.2, 0.25) is 11.2 Å². The van der Waals surface area contributed by atoms with E-state index in [1.165, 1.54) is 39.4 Å². The Bertz CT molecular complexity index is 3400. The van der Waals surface area contributed by atoms with Crippen molar-refractivity contribution in [3.63, 3.8) is 0 Å². The van der Waals surface area contributed by atoms with Gasteiger partial charge in [-0.25, -0.2) is 9.37 Å². The lowest BCUT2D eigenvalue weighted by atomic mass is 9.75. The van der Waals surface area contributed by atoms with Crippen molar-refractivity contribution in [3.8, 4) is 22.9 Å². The van der Waals surface area contributed by atoms with Gasteiger partial charge in [-0.05, 0) is 91.8 Å². The monoisotopic (exact) mass is 1090 g/mol. The molecule has 18 heteroatoms. The number of amides is 1. The second kappa shape index (κ2) is 24.2. The van der Waals surface area contributed by atoms with Gasteiger partial charge in [0.05, 0.1) is 81.8 Å². The standard InChI is InChI=1S/C62H70N8O10/c1-38-65-67-59(68-66-38)40-14-12-39(13-15-40)37-64-50(54-51(71)35-62(2,3)36-52(54)72)18-24-76-26-28-78-30-31-79-29-27-77-25-19-63-60(73)43-16-17-44(47(34-43)61(74)75)53-48-32-41-8-4-20-69-22-6-10-45(55(41)69)57(48)80-58-46-11-7-23-70-21-5-9-42(56(46)70)33-49(53)58/h12-17,32-34H,4-11,18-31,35-37H2,1-3H3,(H2-,63,64,71,72,73,74,75)/p+1. The molecule has 6 heterocycles. The first kappa shape index (κ1) is 54.7. The first-order chi connectivity index (χ1) is 38.9. The number of allylic oxidation sites excluding steroid dienone is 2. The number of carboxylic acids is 1. The minimum atomic E-state index is -1.10. The molecule has 18 nitrogen and oxygen atoms in total. The van der Waals surface area contributed by atoms with E-state index < -0.39 is 5.97 Å². The molecule has 0 saturated carbocycles. The van der Waals surface area contributed by atoms with E-state index in [1.807, 2.05) is 44.2 Å². The van der Waals surface area contributed by atoms with Crippen molar-refractivity contribution in [1.29, 1.82) is 0 Å². The van der Waals surface area contributed by atoms with Crippen LogP contribution in [0.25, 0.3) is 17.0 Å². The maximum absolute atomic E-state index is 13.6. The SMILES string of the molecule is Cc1nnc(-c2ccc(CN=C(CCOCCOCCOCCOCCNC(=O)c3ccc(C4=c5cc6c7c(c5Oc5c4cc4c8c5CCCN8CCC4)CCC[N+]=7CCC6)c(C(=O)O)c3)C3=C(O)CC(C)(C)CC3=O)cc2)nn1. The number of carbonyl (C=O) groups is 3. The highest BCUT2D eigenvalue weighted by Crippen LogP contribution is 2.49. The number of nitrogens with zero attached hydrogens (tertiary/aromatic N) is 7. The molecule has 1 aromatic heterocycles. The Labute approximate surface area is 465 Å². The third kappa shape index (κ3) is 11.8. The van der Waals surface area contributed by atoms with Gasteiger partial charge in [0.25, 0.3) is 5.91 Å². The summed E-state index contributed by atoms with van der Waals surface area (Å²) in [4.78, 5) is 47.5. The average Bonchev–Trinajstić information content (AvgIpc) is 3.52. The lowest BCUT2D eigenvalue weighted by molar-refractivity contribution is -0.118. The number of carboxylic acid groups (broad SMARTS) is 1. The van der Waals surface area contributed by atoms with Gasteiger partial charge in [-0.3, -0.25) is 14.6 Å². The van der Waals surface area contributed by atoms with E-state index in [-0.39, 0.29) is 59.3 Å². The van der Waals surface area contributed by atoms with Crippen LogP contribution in [0.4, 0.5) is 5.69 Å². The molecule has 0 saturated heterocycles. The van der Waals surface area contributed by atoms with Crippen molar-refractivity contribution >= 4 is 34.6 Å². The Hall–Kier alpha value is -7.25. The molecular weight excluding hydrogens is 1020 g/mol. The smallest absolute Gasteiger partial charge is 0.336 e. The molecule has 11 rings (SSSR count). The third-order valence-electron chi connectivity index (χ3n) is 16.0. The predicted molar refractivity (Wildman–Crippen MR) is 301 cm³/mol. The van der Waals surface area contributed by atoms with E-state index in [1.54, 1.807) is 13.0 Å². The summed E-state index contributed by atoms with van der Waals surface area (Å²) in [5.74, 6) is 1.08. The number of aromatic carboxylic acids is 1. The van der Waals surface area contributed by atoms with Crippen LogP contribution in [0, 0.1) is 12.3 Å². The first-order valence-corrected chi connectivity index (χ1v) is 28.4. The number of hydrogen-bond acceptors (Lipinski definition) is 15. The highest BCUT2D eigenvalue weighted by atomic mass is 16.6. The molecule has 0 spiro atoms. The Morgan fingerprint density at radius 2 is 1.44 bits per heavy atom. The number of anilines is 1. The van der Waals surface area contributed by atoms with Crippen LogP contribution >= 0.6 is 0 Å². The van der Waals surface area contributed by atoms with E-state index in [2.05, 4.69) is 47.3 Å². The maximum Gasteiger partial charge on any atom is 0.336 e. The van der Waals surface area contributed by atoms with Gasteiger partial charge >= 0.3 is 5.97 Å². The third-order valence-corrected chi connectivity index (χ3v) is 16.0. The normalized spacial score (nSPS) is 17.1. The molecule has 0 unspecified atom stereocenters. The van der Waals surface area contributed by atoms with E-state index in [4.69, 9.17) is 28.7 Å². The number of aliphatic imine (C=N–C) groups is 1. The molecule has 5 aromatic rings. The number of aromatic nitrogens is 4. The number of hydrogen-bond donors (Lipinski definition) is 3. The van der Waals surface area contributed by atoms with Crippen LogP contribution in [0.3, 0.4) is 0 Å². The van der Waals surface area contributed by atoms with Crippen molar-refractivity contribution in [2.24, 2.45) is 10.4 Å². The zero-order valence-corrected chi connectivity index (χ0v) is 46.2. The number of aliphatic hydroxyl groups is 1. The molecule has 6 aliphatic rings. The van der Waals surface area contributed by atoms with E-state index in [0.29, 0.717) is 88.4 Å². The summed E-state index contributed by atoms with van der Waals surface area (Å²) in [5.41, 5.74) is 11.2. The summed E-state index contributed by atoms with van der Waals surface area (Å²) in [7, 11) is 0. The summed E-state index contributed by atoms with van der Waals surface area (Å²) < 4.78 is 32.7. The summed E-state index contributed by atoms with van der Waals surface area (Å²) in [6, 6.07) is 17.2. The van der Waals surface area contributed by atoms with Crippen molar-refractivity contribution < 1.29 is 48.3 Å². The summed E-state index contributed by atoms with van der Waals surface area (Å²) in [5, 5.41) is 43.2. The van der Waals surface area contributed by atoms with Gasteiger partial charge in [0, 0.05) is 96.0 Å². The van der Waals surface area contributed by atoms with Crippen LogP contribution in [0.2, 0.25) is 0 Å². The fraction of sp³-hybridized carbons (Fsp3) is 0.468. The predicted octanol–water partition coefficient (Wildman–Crippen LogP) is 6.40. The van der Waals surface area contributed by atoms with Crippen LogP contribution in [-0.4, -0.2) is 140 Å². The number of nitrogens with one attached hydrogen (secondary N) is 1. The molecule has 0 bridgehead atoms. The number of Topliss-reactive ketones (excluding diaryl/α,β-unsaturated/α-hetero) is 1. The lowest BCUT2D eigenvalue weighted by Gasteiger charge is -2.39. The fourth-order valence-corrected chi connectivity index (χ4v) is 12.4. The molecule has 0 radical (unpaired) electrons. The van der Waals surface area contributed by atoms with Gasteiger partial charge in [-0.15, -0.1) is 20.4 Å². The Morgan fingerprint density at radius 3 is 2.16 bits per heavy atom. The summed E-state index contributed by atoms with van der Waals surface area (Å²) in [6.45, 7) is 12.9. The van der Waals surface area contributed by atoms with Crippen LogP contribution in [0.1, 0.15) is 124 Å². The van der Waals surface area contributed by atoms with Crippen LogP contribution < -0.4 is 30.1 Å². The number of carbonyl (C=O) groups excluding carboxylic acids is 2. The molecular formula is C62H71N8O10+. The molecule has 1 aliphatic carbocycles. The number of fused-ring (bicyclic) bond motifs is 4. The average molecular weight is 1090 g/mol. The number of ketones is 1. The quantitative estimate of drug-likeness (QED) is 0.0380. The second-order valence-corrected chi connectivity index (χ2v) is 22.4. The topological polar surface area (TPSA) is 220 Å². The van der Waals surface area contributed by atoms with Crippen molar-refractivity contribution in [3.05, 3.63) is 132 Å². The minimum Gasteiger partial charge on any atom is -0.511 e. The van der Waals surface area contributed by atoms with Gasteiger partial charge < -0.3 is 44.1 Å². The van der Waals surface area contributed by atoms with Crippen LogP contribution in [-0.2, 0) is 56.0 Å². The number of ether oxygens (including phenoxy) is 5. The van der Waals surface area contributed by atoms with Crippen LogP contribution in [0.5, 0.6) is 11.5 Å². The zero-order valence-electron chi connectivity index (χ0n) is 46.2. The number of benzene rings is 4. The summed E-state index contributed by atoms with van der Waals surface area (Å²) >= 11 is 0. The minimum absolute atomic E-state index is 0.0617. The van der Waals surface area contributed by atoms with Crippen molar-refractivity contribution in [2.75, 3.05) is 90.5 Å². The molecule has 5 aliphatic heterocycles. The molecule has 0 fully saturated rings. The summed E-state index contributed by atoms with van der Waals surface area (Å²) in [6.07, 6.45) is 9.04. The second-order valence-electron chi connectivity index (χ2n) is 22.4. The van der Waals surface area contributed by atoms with Crippen LogP contribution in [0.15, 0.2) is 70.9 Å². The lowest BCUT2D eigenvalue weighted by Crippen LogP contribution is -2.45. The molecule has 4 aromatic carbocycles. The van der Waals surface area contributed by atoms with Gasteiger partial charge in [0.15, 0.2) is 11.6 Å². The highest BCUT2D eigenvalue weighted by Gasteiger charge is 2.38. The fourth-order valence-electron chi connectivity index (χ4n) is 12.4. The molecule has 1 amide bonds. The maximum atomic E-state index is 13.6. The largest absolute Gasteiger partial charge is 0.511 e. The number of aliphatic hydroxyl groups excluding tert-OH is 1. The Kier molecular flexibility index (Phi) is 16.6. The van der Waals surface area contributed by atoms with Gasteiger partial charge in [-0.1, -0.05) is 44.2 Å². The van der Waals surface area contributed by atoms with E-state index in [9.17, 15) is 24.6 Å². The van der Waals surface area contributed by atoms with E-state index in [0.717, 1.165) is 117 Å². The zero-order chi connectivity index (χ0) is 55.3. The Balaban J connectivity index is 0.642. The van der Waals surface area contributed by atoms with Gasteiger partial charge in [-0.2, -0.15) is 0 Å². The Morgan fingerprint density at radius 1 is 0.762 bits per heavy atom. The van der Waals surface area contributed by atoms with Gasteiger partial charge in [0.1, 0.15) is 30.3 Å². The first-order valence-electron chi connectivity index (χ1n) is 28.4.